The topological polar surface area (TPSA) is 9.23 Å². The Bertz CT molecular complexity index is 181. The molecule has 96 valence electrons. The molecule has 2 heteroatoms. The molecule has 0 amide bonds. The van der Waals surface area contributed by atoms with Gasteiger partial charge in [-0.1, -0.05) is 56.2 Å². The predicted molar refractivity (Wildman–Crippen MR) is 79.3 cm³/mol. The SMILES string of the molecule is CCC(CC)COC1(CI)CCC(C)CC1. The Morgan fingerprint density at radius 1 is 1.25 bits per heavy atom. The van der Waals surface area contributed by atoms with Gasteiger partial charge in [-0.3, -0.25) is 0 Å². The van der Waals surface area contributed by atoms with Gasteiger partial charge in [-0.15, -0.1) is 0 Å². The molecule has 1 fully saturated rings. The second-order valence-corrected chi connectivity index (χ2v) is 6.26. The van der Waals surface area contributed by atoms with E-state index in [2.05, 4.69) is 43.4 Å². The smallest absolute Gasteiger partial charge is 0.0771 e. The minimum Gasteiger partial charge on any atom is -0.374 e. The molecule has 1 aliphatic carbocycles. The van der Waals surface area contributed by atoms with Gasteiger partial charge in [0.25, 0.3) is 0 Å². The summed E-state index contributed by atoms with van der Waals surface area (Å²) in [5.41, 5.74) is 0.218. The summed E-state index contributed by atoms with van der Waals surface area (Å²) in [6.45, 7) is 7.90. The first-order valence-corrected chi connectivity index (χ1v) is 8.38. The second kappa shape index (κ2) is 7.20. The third kappa shape index (κ3) is 4.17. The highest BCUT2D eigenvalue weighted by atomic mass is 127. The van der Waals surface area contributed by atoms with E-state index < -0.39 is 0 Å². The van der Waals surface area contributed by atoms with Crippen LogP contribution in [0.25, 0.3) is 0 Å². The first-order valence-electron chi connectivity index (χ1n) is 6.85. The molecule has 0 N–H and O–H groups in total. The third-order valence-corrected chi connectivity index (χ3v) is 5.60. The molecule has 0 aromatic carbocycles. The standard InChI is InChI=1S/C14H27IO/c1-4-13(5-2)10-16-14(11-15)8-6-12(3)7-9-14/h12-13H,4-11H2,1-3H3. The van der Waals surface area contributed by atoms with Crippen molar-refractivity contribution < 1.29 is 4.74 Å². The van der Waals surface area contributed by atoms with E-state index in [4.69, 9.17) is 4.74 Å². The molecule has 1 nitrogen and oxygen atoms in total. The van der Waals surface area contributed by atoms with Gasteiger partial charge in [0.1, 0.15) is 0 Å². The zero-order chi connectivity index (χ0) is 12.0. The van der Waals surface area contributed by atoms with E-state index in [1.165, 1.54) is 38.5 Å². The van der Waals surface area contributed by atoms with E-state index in [1.807, 2.05) is 0 Å². The Kier molecular flexibility index (Phi) is 6.63. The van der Waals surface area contributed by atoms with Crippen LogP contribution in [0.5, 0.6) is 0 Å². The number of alkyl halides is 1. The molecule has 0 bridgehead atoms. The summed E-state index contributed by atoms with van der Waals surface area (Å²) < 4.78 is 7.47. The van der Waals surface area contributed by atoms with Gasteiger partial charge >= 0.3 is 0 Å². The van der Waals surface area contributed by atoms with Crippen LogP contribution in [0.3, 0.4) is 0 Å². The van der Waals surface area contributed by atoms with Gasteiger partial charge in [0, 0.05) is 4.43 Å². The zero-order valence-corrected chi connectivity index (χ0v) is 13.3. The lowest BCUT2D eigenvalue weighted by Gasteiger charge is -2.39. The minimum atomic E-state index is 0.218. The summed E-state index contributed by atoms with van der Waals surface area (Å²) in [4.78, 5) is 0. The number of halogens is 1. The number of rotatable bonds is 6. The maximum atomic E-state index is 6.30. The maximum Gasteiger partial charge on any atom is 0.0771 e. The fourth-order valence-electron chi connectivity index (χ4n) is 2.42. The van der Waals surface area contributed by atoms with Gasteiger partial charge in [0.05, 0.1) is 12.2 Å². The monoisotopic (exact) mass is 338 g/mol. The van der Waals surface area contributed by atoms with Crippen LogP contribution in [-0.2, 0) is 4.74 Å². The van der Waals surface area contributed by atoms with Crippen LogP contribution in [-0.4, -0.2) is 16.6 Å². The van der Waals surface area contributed by atoms with E-state index in [0.717, 1.165) is 22.9 Å². The number of ether oxygens (including phenoxy) is 1. The number of hydrogen-bond acceptors (Lipinski definition) is 1. The van der Waals surface area contributed by atoms with E-state index >= 15 is 0 Å². The average Bonchev–Trinajstić information content (AvgIpc) is 2.33. The summed E-state index contributed by atoms with van der Waals surface area (Å²) in [7, 11) is 0. The van der Waals surface area contributed by atoms with Crippen molar-refractivity contribution in [2.75, 3.05) is 11.0 Å². The van der Waals surface area contributed by atoms with Gasteiger partial charge in [-0.2, -0.15) is 0 Å². The van der Waals surface area contributed by atoms with E-state index in [0.29, 0.717) is 0 Å². The highest BCUT2D eigenvalue weighted by molar-refractivity contribution is 14.1. The normalized spacial score (nSPS) is 30.9. The van der Waals surface area contributed by atoms with Gasteiger partial charge in [-0.05, 0) is 37.5 Å². The van der Waals surface area contributed by atoms with Gasteiger partial charge < -0.3 is 4.74 Å². The van der Waals surface area contributed by atoms with E-state index in [-0.39, 0.29) is 5.60 Å². The highest BCUT2D eigenvalue weighted by Gasteiger charge is 2.34. The molecule has 1 rings (SSSR count). The first-order chi connectivity index (χ1) is 7.65. The first kappa shape index (κ1) is 14.7. The molecule has 1 saturated carbocycles. The lowest BCUT2D eigenvalue weighted by molar-refractivity contribution is -0.0719. The summed E-state index contributed by atoms with van der Waals surface area (Å²) in [5.74, 6) is 1.67. The van der Waals surface area contributed by atoms with Gasteiger partial charge in [0.15, 0.2) is 0 Å². The quantitative estimate of drug-likeness (QED) is 0.498. The van der Waals surface area contributed by atoms with Crippen LogP contribution in [0.15, 0.2) is 0 Å². The summed E-state index contributed by atoms with van der Waals surface area (Å²) in [6, 6.07) is 0. The molecule has 0 saturated heterocycles. The molecule has 0 spiro atoms. The van der Waals surface area contributed by atoms with Crippen LogP contribution in [0.1, 0.15) is 59.3 Å². The Morgan fingerprint density at radius 3 is 2.25 bits per heavy atom. The van der Waals surface area contributed by atoms with Crippen molar-refractivity contribution >= 4 is 22.6 Å². The molecule has 0 radical (unpaired) electrons. The van der Waals surface area contributed by atoms with Crippen molar-refractivity contribution in [3.8, 4) is 0 Å². The van der Waals surface area contributed by atoms with Crippen LogP contribution >= 0.6 is 22.6 Å². The molecule has 1 aliphatic rings. The number of hydrogen-bond donors (Lipinski definition) is 0. The van der Waals surface area contributed by atoms with E-state index in [9.17, 15) is 0 Å². The summed E-state index contributed by atoms with van der Waals surface area (Å²) in [6.07, 6.45) is 7.76. The van der Waals surface area contributed by atoms with Crippen molar-refractivity contribution in [3.63, 3.8) is 0 Å². The fourth-order valence-corrected chi connectivity index (χ4v) is 3.41. The summed E-state index contributed by atoms with van der Waals surface area (Å²) >= 11 is 2.51. The Morgan fingerprint density at radius 2 is 1.81 bits per heavy atom. The Labute approximate surface area is 115 Å². The van der Waals surface area contributed by atoms with Gasteiger partial charge in [0.2, 0.25) is 0 Å². The van der Waals surface area contributed by atoms with Crippen LogP contribution < -0.4 is 0 Å². The second-order valence-electron chi connectivity index (χ2n) is 5.49. The van der Waals surface area contributed by atoms with Crippen molar-refractivity contribution in [1.82, 2.24) is 0 Å². The average molecular weight is 338 g/mol. The van der Waals surface area contributed by atoms with Crippen molar-refractivity contribution in [1.29, 1.82) is 0 Å². The minimum absolute atomic E-state index is 0.218. The molecular weight excluding hydrogens is 311 g/mol. The van der Waals surface area contributed by atoms with Crippen LogP contribution in [0.4, 0.5) is 0 Å². The lowest BCUT2D eigenvalue weighted by Crippen LogP contribution is -2.39. The summed E-state index contributed by atoms with van der Waals surface area (Å²) in [5, 5.41) is 0. The lowest BCUT2D eigenvalue weighted by atomic mass is 9.80. The largest absolute Gasteiger partial charge is 0.374 e. The third-order valence-electron chi connectivity index (χ3n) is 4.21. The molecule has 0 aromatic heterocycles. The molecular formula is C14H27IO. The molecule has 0 atom stereocenters. The highest BCUT2D eigenvalue weighted by Crippen LogP contribution is 2.36. The van der Waals surface area contributed by atoms with Crippen molar-refractivity contribution in [2.24, 2.45) is 11.8 Å². The Balaban J connectivity index is 2.41. The predicted octanol–water partition coefficient (Wildman–Crippen LogP) is 4.82. The Hall–Kier alpha value is 0.690. The van der Waals surface area contributed by atoms with Crippen LogP contribution in [0, 0.1) is 11.8 Å². The van der Waals surface area contributed by atoms with Crippen molar-refractivity contribution in [3.05, 3.63) is 0 Å². The molecule has 16 heavy (non-hydrogen) atoms. The molecule has 0 aliphatic heterocycles. The van der Waals surface area contributed by atoms with Crippen LogP contribution in [0.2, 0.25) is 0 Å². The zero-order valence-electron chi connectivity index (χ0n) is 11.1. The fraction of sp³-hybridized carbons (Fsp3) is 1.00. The van der Waals surface area contributed by atoms with Gasteiger partial charge in [-0.25, -0.2) is 0 Å². The maximum absolute atomic E-state index is 6.30. The molecule has 0 aromatic rings. The van der Waals surface area contributed by atoms with E-state index in [1.54, 1.807) is 0 Å². The molecule has 0 unspecified atom stereocenters. The van der Waals surface area contributed by atoms with Crippen molar-refractivity contribution in [2.45, 2.75) is 64.9 Å². The molecule has 0 heterocycles.